The van der Waals surface area contributed by atoms with E-state index in [4.69, 9.17) is 0 Å². The predicted octanol–water partition coefficient (Wildman–Crippen LogP) is 3.95. The first kappa shape index (κ1) is 11.2. The summed E-state index contributed by atoms with van der Waals surface area (Å²) < 4.78 is 1.34. The Morgan fingerprint density at radius 3 is 2.83 bits per heavy atom. The Morgan fingerprint density at radius 1 is 1.06 bits per heavy atom. The van der Waals surface area contributed by atoms with E-state index < -0.39 is 0 Å². The van der Waals surface area contributed by atoms with Gasteiger partial charge >= 0.3 is 0 Å². The summed E-state index contributed by atoms with van der Waals surface area (Å²) in [6.45, 7) is 0.944. The quantitative estimate of drug-likeness (QED) is 0.762. The zero-order valence-electron chi connectivity index (χ0n) is 9.97. The lowest BCUT2D eigenvalue weighted by atomic mass is 10.2. The Hall–Kier alpha value is -1.87. The highest BCUT2D eigenvalue weighted by Gasteiger charge is 1.97. The number of anilines is 1. The van der Waals surface area contributed by atoms with Gasteiger partial charge in [-0.15, -0.1) is 11.3 Å². The highest BCUT2D eigenvalue weighted by Crippen LogP contribution is 2.23. The number of nitrogens with one attached hydrogen (secondary N) is 1. The second-order valence-electron chi connectivity index (χ2n) is 4.21. The van der Waals surface area contributed by atoms with E-state index in [1.54, 1.807) is 11.3 Å². The van der Waals surface area contributed by atoms with Crippen molar-refractivity contribution in [1.29, 1.82) is 0 Å². The summed E-state index contributed by atoms with van der Waals surface area (Å²) in [4.78, 5) is 4.02. The Bertz CT molecular complexity index is 631. The zero-order valence-corrected chi connectivity index (χ0v) is 10.8. The summed E-state index contributed by atoms with van der Waals surface area (Å²) in [7, 11) is 0. The third kappa shape index (κ3) is 2.51. The third-order valence-corrected chi connectivity index (χ3v) is 3.84. The van der Waals surface area contributed by atoms with Crippen LogP contribution in [0.4, 0.5) is 5.69 Å². The number of aromatic nitrogens is 1. The molecule has 3 aromatic rings. The SMILES string of the molecule is c1cc(CCNc2ccc3sccc3c2)ccn1. The molecule has 0 atom stereocenters. The fourth-order valence-corrected chi connectivity index (χ4v) is 2.75. The number of hydrogen-bond donors (Lipinski definition) is 1. The van der Waals surface area contributed by atoms with Gasteiger partial charge in [0.05, 0.1) is 0 Å². The van der Waals surface area contributed by atoms with Gasteiger partial charge in [0.2, 0.25) is 0 Å². The minimum atomic E-state index is 0.944. The number of rotatable bonds is 4. The largest absolute Gasteiger partial charge is 0.385 e. The average molecular weight is 254 g/mol. The lowest BCUT2D eigenvalue weighted by Gasteiger charge is -2.06. The van der Waals surface area contributed by atoms with Gasteiger partial charge in [0, 0.05) is 29.3 Å². The maximum Gasteiger partial charge on any atom is 0.0347 e. The summed E-state index contributed by atoms with van der Waals surface area (Å²) in [5.41, 5.74) is 2.50. The molecule has 0 aliphatic rings. The second kappa shape index (κ2) is 5.19. The van der Waals surface area contributed by atoms with Crippen LogP contribution in [0.1, 0.15) is 5.56 Å². The Balaban J connectivity index is 1.62. The lowest BCUT2D eigenvalue weighted by molar-refractivity contribution is 1.01. The van der Waals surface area contributed by atoms with Crippen LogP contribution in [0.25, 0.3) is 10.1 Å². The minimum Gasteiger partial charge on any atom is -0.385 e. The second-order valence-corrected chi connectivity index (χ2v) is 5.15. The molecular formula is C15H14N2S. The van der Waals surface area contributed by atoms with Crippen molar-refractivity contribution in [2.75, 3.05) is 11.9 Å². The molecule has 0 bridgehead atoms. The van der Waals surface area contributed by atoms with Crippen LogP contribution < -0.4 is 5.32 Å². The maximum atomic E-state index is 4.02. The number of fused-ring (bicyclic) bond motifs is 1. The first-order chi connectivity index (χ1) is 8.92. The van der Waals surface area contributed by atoms with Crippen molar-refractivity contribution in [3.05, 3.63) is 59.7 Å². The van der Waals surface area contributed by atoms with E-state index in [0.29, 0.717) is 0 Å². The standard InChI is InChI=1S/C15H14N2S/c1-2-15-13(6-10-18-15)11-14(1)17-9-5-12-3-7-16-8-4-12/h1-4,6-8,10-11,17H,5,9H2. The zero-order chi connectivity index (χ0) is 12.2. The molecule has 3 rings (SSSR count). The van der Waals surface area contributed by atoms with Crippen LogP contribution in [-0.2, 0) is 6.42 Å². The molecule has 0 fully saturated rings. The lowest BCUT2D eigenvalue weighted by Crippen LogP contribution is -2.04. The summed E-state index contributed by atoms with van der Waals surface area (Å²) >= 11 is 1.78. The summed E-state index contributed by atoms with van der Waals surface area (Å²) in [6.07, 6.45) is 4.70. The molecule has 2 nitrogen and oxygen atoms in total. The van der Waals surface area contributed by atoms with Gasteiger partial charge in [-0.05, 0) is 59.1 Å². The molecule has 0 aliphatic heterocycles. The van der Waals surface area contributed by atoms with Crippen LogP contribution in [0.2, 0.25) is 0 Å². The third-order valence-electron chi connectivity index (χ3n) is 2.94. The van der Waals surface area contributed by atoms with Crippen molar-refractivity contribution in [2.24, 2.45) is 0 Å². The fraction of sp³-hybridized carbons (Fsp3) is 0.133. The Kier molecular flexibility index (Phi) is 3.24. The van der Waals surface area contributed by atoms with E-state index in [9.17, 15) is 0 Å². The van der Waals surface area contributed by atoms with Crippen LogP contribution >= 0.6 is 11.3 Å². The molecule has 1 aromatic carbocycles. The molecule has 1 N–H and O–H groups in total. The summed E-state index contributed by atoms with van der Waals surface area (Å²) in [6, 6.07) is 12.8. The normalized spacial score (nSPS) is 10.7. The van der Waals surface area contributed by atoms with E-state index in [-0.39, 0.29) is 0 Å². The molecule has 0 unspecified atom stereocenters. The molecule has 18 heavy (non-hydrogen) atoms. The molecule has 3 heteroatoms. The number of benzene rings is 1. The Morgan fingerprint density at radius 2 is 1.94 bits per heavy atom. The summed E-state index contributed by atoms with van der Waals surface area (Å²) in [5.74, 6) is 0. The van der Waals surface area contributed by atoms with Gasteiger partial charge in [-0.1, -0.05) is 0 Å². The molecule has 0 aliphatic carbocycles. The highest BCUT2D eigenvalue weighted by atomic mass is 32.1. The van der Waals surface area contributed by atoms with Gasteiger partial charge in [0.15, 0.2) is 0 Å². The number of thiophene rings is 1. The molecule has 90 valence electrons. The maximum absolute atomic E-state index is 4.02. The van der Waals surface area contributed by atoms with Crippen molar-refractivity contribution in [2.45, 2.75) is 6.42 Å². The van der Waals surface area contributed by atoms with Crippen LogP contribution in [0.5, 0.6) is 0 Å². The number of pyridine rings is 1. The van der Waals surface area contributed by atoms with E-state index in [0.717, 1.165) is 13.0 Å². The molecule has 0 amide bonds. The van der Waals surface area contributed by atoms with Crippen LogP contribution in [-0.4, -0.2) is 11.5 Å². The average Bonchev–Trinajstić information content (AvgIpc) is 2.87. The van der Waals surface area contributed by atoms with Crippen molar-refractivity contribution in [3.8, 4) is 0 Å². The smallest absolute Gasteiger partial charge is 0.0347 e. The van der Waals surface area contributed by atoms with Gasteiger partial charge in [0.1, 0.15) is 0 Å². The van der Waals surface area contributed by atoms with Gasteiger partial charge in [0.25, 0.3) is 0 Å². The minimum absolute atomic E-state index is 0.944. The van der Waals surface area contributed by atoms with Crippen molar-refractivity contribution < 1.29 is 0 Å². The van der Waals surface area contributed by atoms with E-state index in [1.165, 1.54) is 21.3 Å². The van der Waals surface area contributed by atoms with Crippen molar-refractivity contribution in [3.63, 3.8) is 0 Å². The van der Waals surface area contributed by atoms with E-state index >= 15 is 0 Å². The number of nitrogens with zero attached hydrogens (tertiary/aromatic N) is 1. The molecule has 0 spiro atoms. The van der Waals surface area contributed by atoms with Gasteiger partial charge in [-0.2, -0.15) is 0 Å². The molecule has 2 heterocycles. The van der Waals surface area contributed by atoms with E-state index in [2.05, 4.69) is 52.1 Å². The van der Waals surface area contributed by atoms with Crippen LogP contribution in [0.3, 0.4) is 0 Å². The highest BCUT2D eigenvalue weighted by molar-refractivity contribution is 7.17. The fourth-order valence-electron chi connectivity index (χ4n) is 1.98. The predicted molar refractivity (Wildman–Crippen MR) is 78.3 cm³/mol. The van der Waals surface area contributed by atoms with Crippen LogP contribution in [0, 0.1) is 0 Å². The topological polar surface area (TPSA) is 24.9 Å². The molecule has 0 saturated carbocycles. The van der Waals surface area contributed by atoms with Gasteiger partial charge in [-0.25, -0.2) is 0 Å². The van der Waals surface area contributed by atoms with Gasteiger partial charge in [-0.3, -0.25) is 4.98 Å². The molecule has 0 radical (unpaired) electrons. The first-order valence-electron chi connectivity index (χ1n) is 6.02. The molecule has 0 saturated heterocycles. The van der Waals surface area contributed by atoms with E-state index in [1.807, 2.05) is 12.4 Å². The van der Waals surface area contributed by atoms with Gasteiger partial charge < -0.3 is 5.32 Å². The van der Waals surface area contributed by atoms with Crippen molar-refractivity contribution >= 4 is 27.1 Å². The molecule has 2 aromatic heterocycles. The first-order valence-corrected chi connectivity index (χ1v) is 6.90. The van der Waals surface area contributed by atoms with Crippen LogP contribution in [0.15, 0.2) is 54.2 Å². The Labute approximate surface area is 110 Å². The summed E-state index contributed by atoms with van der Waals surface area (Å²) in [5, 5.41) is 6.90. The number of hydrogen-bond acceptors (Lipinski definition) is 3. The molecular weight excluding hydrogens is 240 g/mol. The monoisotopic (exact) mass is 254 g/mol. The van der Waals surface area contributed by atoms with Crippen molar-refractivity contribution in [1.82, 2.24) is 4.98 Å².